The number of rotatable bonds is 6. The smallest absolute Gasteiger partial charge is 0.225 e. The Labute approximate surface area is 280 Å². The largest absolute Gasteiger partial charge is 0.508 e. The van der Waals surface area contributed by atoms with E-state index in [1.54, 1.807) is 18.3 Å². The van der Waals surface area contributed by atoms with E-state index < -0.39 is 23.3 Å². The monoisotopic (exact) mass is 666 g/mol. The van der Waals surface area contributed by atoms with Crippen molar-refractivity contribution in [2.75, 3.05) is 43.5 Å². The van der Waals surface area contributed by atoms with Gasteiger partial charge in [-0.05, 0) is 56.0 Å². The van der Waals surface area contributed by atoms with Gasteiger partial charge in [0.25, 0.3) is 0 Å². The fourth-order valence-electron chi connectivity index (χ4n) is 7.90. The van der Waals surface area contributed by atoms with Crippen LogP contribution in [0.15, 0.2) is 48.7 Å². The molecule has 0 spiro atoms. The molecule has 6 heterocycles. The third kappa shape index (κ3) is 5.03. The van der Waals surface area contributed by atoms with Gasteiger partial charge in [-0.3, -0.25) is 4.90 Å². The predicted octanol–water partition coefficient (Wildman–Crippen LogP) is 6.31. The van der Waals surface area contributed by atoms with Gasteiger partial charge in [0.15, 0.2) is 5.82 Å². The summed E-state index contributed by atoms with van der Waals surface area (Å²) in [6.45, 7) is 3.84. The zero-order chi connectivity index (χ0) is 34.0. The number of nitrogens with zero attached hydrogens (tertiary/aromatic N) is 5. The highest BCUT2D eigenvalue weighted by atomic mass is 19.1. The maximum absolute atomic E-state index is 17.1. The number of phenolic OH excluding ortho intramolecular Hbond substituents is 1. The number of nitrogens with two attached hydrogens (primary N) is 1. The first-order chi connectivity index (χ1) is 23.7. The molecule has 12 heteroatoms. The molecule has 3 aliphatic rings. The Hall–Kier alpha value is -5.28. The number of ether oxygens (including phenoxy) is 2. The minimum atomic E-state index is -0.944. The van der Waals surface area contributed by atoms with E-state index in [2.05, 4.69) is 25.8 Å². The molecule has 49 heavy (non-hydrogen) atoms. The zero-order valence-electron chi connectivity index (χ0n) is 26.7. The fraction of sp³-hybridized carbons (Fsp3) is 0.324. The van der Waals surface area contributed by atoms with Gasteiger partial charge < -0.3 is 25.2 Å². The molecular weight excluding hydrogens is 633 g/mol. The molecule has 0 radical (unpaired) electrons. The second-order valence-electron chi connectivity index (χ2n) is 13.0. The number of aromatic hydroxyl groups is 1. The highest BCUT2D eigenvalue weighted by Crippen LogP contribution is 2.46. The molecule has 9 nitrogen and oxygen atoms in total. The molecule has 0 unspecified atom stereocenters. The minimum Gasteiger partial charge on any atom is -0.508 e. The molecule has 2 aromatic carbocycles. The lowest BCUT2D eigenvalue weighted by atomic mass is 9.95. The number of phenols is 1. The Morgan fingerprint density at radius 1 is 1.18 bits per heavy atom. The molecule has 5 aromatic rings. The SMILES string of the molecule is C#Cc1c(F)ccc2cc(O)cc(-c3nc4c5c(cc(OC[C@@]67CCCN6C[C@H](F)C7)nc5c3F)N([C@@H](C)c3cccnc3N)CCO4)c12. The average molecular weight is 667 g/mol. The van der Waals surface area contributed by atoms with Crippen molar-refractivity contribution in [1.29, 1.82) is 0 Å². The van der Waals surface area contributed by atoms with Crippen LogP contribution in [0, 0.1) is 24.0 Å². The second kappa shape index (κ2) is 11.7. The van der Waals surface area contributed by atoms with Crippen molar-refractivity contribution in [3.05, 3.63) is 71.4 Å². The minimum absolute atomic E-state index is 0.0782. The Morgan fingerprint density at radius 3 is 2.86 bits per heavy atom. The van der Waals surface area contributed by atoms with E-state index in [-0.39, 0.29) is 64.5 Å². The summed E-state index contributed by atoms with van der Waals surface area (Å²) in [6, 6.07) is 10.5. The van der Waals surface area contributed by atoms with E-state index in [0.29, 0.717) is 41.8 Å². The number of fused-ring (bicyclic) bond motifs is 2. The Balaban J connectivity index is 1.34. The molecular formula is C37H33F3N6O3. The Kier molecular flexibility index (Phi) is 7.41. The van der Waals surface area contributed by atoms with Crippen LogP contribution in [0.25, 0.3) is 32.9 Å². The molecule has 250 valence electrons. The quantitative estimate of drug-likeness (QED) is 0.202. The Morgan fingerprint density at radius 2 is 2.04 bits per heavy atom. The van der Waals surface area contributed by atoms with Crippen LogP contribution in [0.5, 0.6) is 17.5 Å². The van der Waals surface area contributed by atoms with E-state index in [4.69, 9.17) is 21.6 Å². The number of hydrogen-bond acceptors (Lipinski definition) is 9. The van der Waals surface area contributed by atoms with Crippen LogP contribution in [0.4, 0.5) is 24.7 Å². The molecule has 3 aromatic heterocycles. The van der Waals surface area contributed by atoms with Gasteiger partial charge >= 0.3 is 0 Å². The maximum Gasteiger partial charge on any atom is 0.225 e. The van der Waals surface area contributed by atoms with Crippen molar-refractivity contribution in [2.45, 2.75) is 43.9 Å². The third-order valence-corrected chi connectivity index (χ3v) is 10.2. The summed E-state index contributed by atoms with van der Waals surface area (Å²) in [5.74, 6) is 1.27. The third-order valence-electron chi connectivity index (χ3n) is 10.2. The normalized spacial score (nSPS) is 21.0. The molecule has 2 fully saturated rings. The first-order valence-electron chi connectivity index (χ1n) is 16.3. The molecule has 2 saturated heterocycles. The number of halogens is 3. The van der Waals surface area contributed by atoms with Crippen molar-refractivity contribution < 1.29 is 27.8 Å². The molecule has 3 N–H and O–H groups in total. The summed E-state index contributed by atoms with van der Waals surface area (Å²) in [6.07, 6.45) is 8.47. The number of terminal acetylenes is 1. The number of pyridine rings is 3. The lowest BCUT2D eigenvalue weighted by molar-refractivity contribution is 0.111. The summed E-state index contributed by atoms with van der Waals surface area (Å²) in [7, 11) is 0. The average Bonchev–Trinajstić information content (AvgIpc) is 3.55. The summed E-state index contributed by atoms with van der Waals surface area (Å²) in [5.41, 5.74) is 6.80. The highest BCUT2D eigenvalue weighted by Gasteiger charge is 2.49. The number of nitrogen functional groups attached to an aromatic ring is 1. The lowest BCUT2D eigenvalue weighted by Gasteiger charge is -2.32. The summed E-state index contributed by atoms with van der Waals surface area (Å²) in [4.78, 5) is 17.7. The Bertz CT molecular complexity index is 2190. The van der Waals surface area contributed by atoms with Crippen molar-refractivity contribution in [1.82, 2.24) is 19.9 Å². The van der Waals surface area contributed by atoms with Gasteiger partial charge in [0.05, 0.1) is 34.8 Å². The van der Waals surface area contributed by atoms with Crippen LogP contribution in [0.2, 0.25) is 0 Å². The van der Waals surface area contributed by atoms with E-state index in [9.17, 15) is 13.9 Å². The number of anilines is 2. The first kappa shape index (κ1) is 31.0. The van der Waals surface area contributed by atoms with Crippen LogP contribution >= 0.6 is 0 Å². The van der Waals surface area contributed by atoms with E-state index in [0.717, 1.165) is 24.9 Å². The van der Waals surface area contributed by atoms with Gasteiger partial charge in [0, 0.05) is 41.7 Å². The van der Waals surface area contributed by atoms with Crippen LogP contribution in [-0.4, -0.2) is 69.5 Å². The van der Waals surface area contributed by atoms with Crippen molar-refractivity contribution in [2.24, 2.45) is 0 Å². The topological polar surface area (TPSA) is 110 Å². The van der Waals surface area contributed by atoms with Crippen LogP contribution in [0.1, 0.15) is 43.4 Å². The van der Waals surface area contributed by atoms with Gasteiger partial charge in [0.2, 0.25) is 11.8 Å². The predicted molar refractivity (Wildman–Crippen MR) is 180 cm³/mol. The van der Waals surface area contributed by atoms with Crippen molar-refractivity contribution in [3.63, 3.8) is 0 Å². The molecule has 0 amide bonds. The van der Waals surface area contributed by atoms with Gasteiger partial charge in [-0.15, -0.1) is 6.42 Å². The van der Waals surface area contributed by atoms with Crippen LogP contribution < -0.4 is 20.1 Å². The van der Waals surface area contributed by atoms with E-state index in [1.807, 2.05) is 17.9 Å². The molecule has 0 saturated carbocycles. The van der Waals surface area contributed by atoms with Crippen LogP contribution in [-0.2, 0) is 0 Å². The highest BCUT2D eigenvalue weighted by molar-refractivity contribution is 6.04. The molecule has 0 aliphatic carbocycles. The standard InChI is InChI=1S/C37H33F3N6O3/c1-3-24-27(39)8-7-21-14-23(47)15-26(30(21)24)33-32(40)34-31-28(16-29(43-34)49-19-37-9-5-11-45(37)18-22(38)17-37)46(12-13-48-36(31)44-33)20(2)25-6-4-10-42-35(25)41/h1,4,6-8,10,14-16,20,22,47H,5,9,11-13,17-19H2,2H3,(H2,41,42)/t20-,22+,37-/m0/s1. The fourth-order valence-corrected chi connectivity index (χ4v) is 7.90. The zero-order valence-corrected chi connectivity index (χ0v) is 26.7. The first-order valence-corrected chi connectivity index (χ1v) is 16.3. The number of alkyl halides is 1. The second-order valence-corrected chi connectivity index (χ2v) is 13.0. The van der Waals surface area contributed by atoms with E-state index >= 15 is 4.39 Å². The summed E-state index contributed by atoms with van der Waals surface area (Å²) < 4.78 is 59.3. The van der Waals surface area contributed by atoms with Crippen molar-refractivity contribution >= 4 is 33.2 Å². The number of aromatic nitrogens is 3. The van der Waals surface area contributed by atoms with Gasteiger partial charge in [-0.1, -0.05) is 18.1 Å². The van der Waals surface area contributed by atoms with Crippen LogP contribution in [0.3, 0.4) is 0 Å². The van der Waals surface area contributed by atoms with Gasteiger partial charge in [-0.25, -0.2) is 28.1 Å². The summed E-state index contributed by atoms with van der Waals surface area (Å²) in [5, 5.41) is 11.6. The van der Waals surface area contributed by atoms with Gasteiger partial charge in [0.1, 0.15) is 48.0 Å². The van der Waals surface area contributed by atoms with Gasteiger partial charge in [-0.2, -0.15) is 0 Å². The molecule has 8 rings (SSSR count). The number of hydrogen-bond donors (Lipinski definition) is 2. The number of benzene rings is 2. The van der Waals surface area contributed by atoms with Crippen molar-refractivity contribution in [3.8, 4) is 41.1 Å². The van der Waals surface area contributed by atoms with E-state index in [1.165, 1.54) is 24.3 Å². The lowest BCUT2D eigenvalue weighted by Crippen LogP contribution is -2.43. The molecule has 0 bridgehead atoms. The summed E-state index contributed by atoms with van der Waals surface area (Å²) >= 11 is 0. The molecule has 3 aliphatic heterocycles. The molecule has 3 atom stereocenters. The maximum atomic E-state index is 17.1.